The number of carbonyl (C=O) groups excluding carboxylic acids is 2. The van der Waals surface area contributed by atoms with Gasteiger partial charge in [0.05, 0.1) is 12.7 Å². The van der Waals surface area contributed by atoms with Crippen LogP contribution in [0.25, 0.3) is 0 Å². The van der Waals surface area contributed by atoms with Crippen molar-refractivity contribution >= 4 is 12.1 Å². The van der Waals surface area contributed by atoms with E-state index < -0.39 is 23.5 Å². The van der Waals surface area contributed by atoms with Gasteiger partial charge in [0.2, 0.25) is 0 Å². The van der Waals surface area contributed by atoms with Gasteiger partial charge in [-0.15, -0.1) is 0 Å². The number of rotatable bonds is 3. The van der Waals surface area contributed by atoms with Gasteiger partial charge in [0, 0.05) is 12.0 Å². The van der Waals surface area contributed by atoms with Crippen LogP contribution in [-0.2, 0) is 9.47 Å². The van der Waals surface area contributed by atoms with Crippen LogP contribution in [0.4, 0.5) is 9.18 Å². The second kappa shape index (κ2) is 5.94. The van der Waals surface area contributed by atoms with E-state index in [2.05, 4.69) is 10.1 Å². The van der Waals surface area contributed by atoms with Crippen LogP contribution < -0.4 is 5.32 Å². The SMILES string of the molecule is COC(=O)c1ccc(F)c(C2CC2NC(=O)OC(C)(C)C)c1. The van der Waals surface area contributed by atoms with Gasteiger partial charge in [-0.2, -0.15) is 0 Å². The van der Waals surface area contributed by atoms with Crippen molar-refractivity contribution < 1.29 is 23.5 Å². The summed E-state index contributed by atoms with van der Waals surface area (Å²) in [4.78, 5) is 23.2. The molecule has 0 bridgehead atoms. The van der Waals surface area contributed by atoms with E-state index in [-0.39, 0.29) is 12.0 Å². The Kier molecular flexibility index (Phi) is 4.39. The number of carbonyl (C=O) groups is 2. The third kappa shape index (κ3) is 3.96. The molecule has 2 unspecified atom stereocenters. The monoisotopic (exact) mass is 309 g/mol. The van der Waals surface area contributed by atoms with E-state index in [4.69, 9.17) is 4.74 Å². The van der Waals surface area contributed by atoms with Crippen molar-refractivity contribution in [1.82, 2.24) is 5.32 Å². The Hall–Kier alpha value is -2.11. The van der Waals surface area contributed by atoms with E-state index in [1.54, 1.807) is 20.8 Å². The Labute approximate surface area is 128 Å². The zero-order valence-electron chi connectivity index (χ0n) is 13.1. The van der Waals surface area contributed by atoms with E-state index in [0.29, 0.717) is 17.5 Å². The summed E-state index contributed by atoms with van der Waals surface area (Å²) in [6.45, 7) is 5.32. The van der Waals surface area contributed by atoms with Gasteiger partial charge in [-0.1, -0.05) is 0 Å². The van der Waals surface area contributed by atoms with Crippen LogP contribution in [0.15, 0.2) is 18.2 Å². The van der Waals surface area contributed by atoms with Crippen LogP contribution >= 0.6 is 0 Å². The highest BCUT2D eigenvalue weighted by Gasteiger charge is 2.42. The number of nitrogens with one attached hydrogen (secondary N) is 1. The molecule has 1 amide bonds. The molecule has 120 valence electrons. The molecule has 0 aromatic heterocycles. The highest BCUT2D eigenvalue weighted by molar-refractivity contribution is 5.89. The van der Waals surface area contributed by atoms with Crippen LogP contribution in [0.3, 0.4) is 0 Å². The van der Waals surface area contributed by atoms with Gasteiger partial charge in [-0.3, -0.25) is 0 Å². The van der Waals surface area contributed by atoms with Crippen LogP contribution in [0.5, 0.6) is 0 Å². The van der Waals surface area contributed by atoms with Gasteiger partial charge < -0.3 is 14.8 Å². The molecule has 6 heteroatoms. The van der Waals surface area contributed by atoms with Crippen molar-refractivity contribution in [3.63, 3.8) is 0 Å². The number of hydrogen-bond donors (Lipinski definition) is 1. The first-order valence-corrected chi connectivity index (χ1v) is 7.08. The summed E-state index contributed by atoms with van der Waals surface area (Å²) in [5.74, 6) is -1.07. The molecule has 0 spiro atoms. The third-order valence-corrected chi connectivity index (χ3v) is 3.31. The molecule has 2 atom stereocenters. The molecule has 22 heavy (non-hydrogen) atoms. The lowest BCUT2D eigenvalue weighted by Gasteiger charge is -2.19. The van der Waals surface area contributed by atoms with Crippen molar-refractivity contribution in [3.05, 3.63) is 35.1 Å². The fraction of sp³-hybridized carbons (Fsp3) is 0.500. The Morgan fingerprint density at radius 3 is 2.59 bits per heavy atom. The van der Waals surface area contributed by atoms with Gasteiger partial charge in [0.15, 0.2) is 0 Å². The maximum absolute atomic E-state index is 13.9. The Bertz CT molecular complexity index is 594. The first-order valence-electron chi connectivity index (χ1n) is 7.08. The predicted octanol–water partition coefficient (Wildman–Crippen LogP) is 2.99. The molecular weight excluding hydrogens is 289 g/mol. The fourth-order valence-corrected chi connectivity index (χ4v) is 2.23. The first-order chi connectivity index (χ1) is 10.2. The molecule has 1 saturated carbocycles. The van der Waals surface area contributed by atoms with Gasteiger partial charge in [0.1, 0.15) is 11.4 Å². The zero-order valence-corrected chi connectivity index (χ0v) is 13.1. The number of hydrogen-bond acceptors (Lipinski definition) is 4. The maximum atomic E-state index is 13.9. The standard InChI is InChI=1S/C16H20FNO4/c1-16(2,3)22-15(20)18-13-8-11(13)10-7-9(14(19)21-4)5-6-12(10)17/h5-7,11,13H,8H2,1-4H3,(H,18,20). The molecule has 1 aliphatic carbocycles. The summed E-state index contributed by atoms with van der Waals surface area (Å²) in [5.41, 5.74) is 0.121. The summed E-state index contributed by atoms with van der Waals surface area (Å²) in [6.07, 6.45) is 0.0883. The molecule has 1 N–H and O–H groups in total. The Morgan fingerprint density at radius 1 is 1.32 bits per heavy atom. The molecule has 2 rings (SSSR count). The number of halogens is 1. The molecule has 0 radical (unpaired) electrons. The average Bonchev–Trinajstić information content (AvgIpc) is 3.15. The Balaban J connectivity index is 2.03. The van der Waals surface area contributed by atoms with Crippen molar-refractivity contribution in [1.29, 1.82) is 0 Å². The van der Waals surface area contributed by atoms with Crippen LogP contribution in [0, 0.1) is 5.82 Å². The summed E-state index contributed by atoms with van der Waals surface area (Å²) < 4.78 is 23.7. The molecule has 0 heterocycles. The smallest absolute Gasteiger partial charge is 0.407 e. The molecule has 0 aliphatic heterocycles. The van der Waals surface area contributed by atoms with E-state index in [1.165, 1.54) is 25.3 Å². The molecule has 0 saturated heterocycles. The summed E-state index contributed by atoms with van der Waals surface area (Å²) in [5, 5.41) is 2.70. The summed E-state index contributed by atoms with van der Waals surface area (Å²) >= 11 is 0. The summed E-state index contributed by atoms with van der Waals surface area (Å²) in [7, 11) is 1.27. The normalized spacial score (nSPS) is 20.2. The van der Waals surface area contributed by atoms with Crippen molar-refractivity contribution in [2.45, 2.75) is 44.8 Å². The molecule has 1 fully saturated rings. The number of alkyl carbamates (subject to hydrolysis) is 1. The second-order valence-electron chi connectivity index (χ2n) is 6.32. The molecule has 5 nitrogen and oxygen atoms in total. The van der Waals surface area contributed by atoms with Crippen LogP contribution in [-0.4, -0.2) is 30.8 Å². The van der Waals surface area contributed by atoms with Gasteiger partial charge in [0.25, 0.3) is 0 Å². The fourth-order valence-electron chi connectivity index (χ4n) is 2.23. The maximum Gasteiger partial charge on any atom is 0.407 e. The Morgan fingerprint density at radius 2 is 2.00 bits per heavy atom. The lowest BCUT2D eigenvalue weighted by Crippen LogP contribution is -2.34. The number of amides is 1. The minimum absolute atomic E-state index is 0.155. The largest absolute Gasteiger partial charge is 0.465 e. The number of ether oxygens (including phenoxy) is 2. The molecule has 1 aromatic rings. The van der Waals surface area contributed by atoms with Crippen molar-refractivity contribution in [2.24, 2.45) is 0 Å². The number of methoxy groups -OCH3 is 1. The van der Waals surface area contributed by atoms with Crippen LogP contribution in [0.2, 0.25) is 0 Å². The highest BCUT2D eigenvalue weighted by Crippen LogP contribution is 2.42. The lowest BCUT2D eigenvalue weighted by atomic mass is 10.1. The minimum Gasteiger partial charge on any atom is -0.465 e. The van der Waals surface area contributed by atoms with Crippen molar-refractivity contribution in [2.75, 3.05) is 7.11 Å². The van der Waals surface area contributed by atoms with Crippen LogP contribution in [0.1, 0.15) is 49.0 Å². The van der Waals surface area contributed by atoms with Gasteiger partial charge in [-0.25, -0.2) is 14.0 Å². The average molecular weight is 309 g/mol. The summed E-state index contributed by atoms with van der Waals surface area (Å²) in [6, 6.07) is 3.91. The van der Waals surface area contributed by atoms with E-state index in [9.17, 15) is 14.0 Å². The second-order valence-corrected chi connectivity index (χ2v) is 6.32. The zero-order chi connectivity index (χ0) is 16.5. The number of benzene rings is 1. The van der Waals surface area contributed by atoms with E-state index in [1.807, 2.05) is 0 Å². The van der Waals surface area contributed by atoms with E-state index in [0.717, 1.165) is 0 Å². The first kappa shape index (κ1) is 16.3. The van der Waals surface area contributed by atoms with Crippen molar-refractivity contribution in [3.8, 4) is 0 Å². The molecule has 1 aromatic carbocycles. The highest BCUT2D eigenvalue weighted by atomic mass is 19.1. The third-order valence-electron chi connectivity index (χ3n) is 3.31. The predicted molar refractivity (Wildman–Crippen MR) is 78.3 cm³/mol. The minimum atomic E-state index is -0.579. The molecular formula is C16H20FNO4. The molecule has 1 aliphatic rings. The van der Waals surface area contributed by atoms with Gasteiger partial charge in [-0.05, 0) is 51.0 Å². The van der Waals surface area contributed by atoms with E-state index >= 15 is 0 Å². The number of esters is 1. The topological polar surface area (TPSA) is 64.6 Å². The lowest BCUT2D eigenvalue weighted by molar-refractivity contribution is 0.0521. The quantitative estimate of drug-likeness (QED) is 0.872. The van der Waals surface area contributed by atoms with Gasteiger partial charge >= 0.3 is 12.1 Å².